The van der Waals surface area contributed by atoms with Gasteiger partial charge < -0.3 is 4.74 Å². The summed E-state index contributed by atoms with van der Waals surface area (Å²) in [6.45, 7) is 15.9. The van der Waals surface area contributed by atoms with Crippen LogP contribution >= 0.6 is 0 Å². The highest BCUT2D eigenvalue weighted by molar-refractivity contribution is 7.90. The topological polar surface area (TPSA) is 84.8 Å². The van der Waals surface area contributed by atoms with E-state index >= 15 is 0 Å². The number of halogens is 4. The summed E-state index contributed by atoms with van der Waals surface area (Å²) in [5, 5.41) is 3.82. The molecule has 0 saturated carbocycles. The van der Waals surface area contributed by atoms with Gasteiger partial charge in [-0.3, -0.25) is 10.2 Å². The van der Waals surface area contributed by atoms with Crippen molar-refractivity contribution in [3.05, 3.63) is 54.6 Å². The quantitative estimate of drug-likeness (QED) is 0.113. The van der Waals surface area contributed by atoms with Crippen LogP contribution in [0.1, 0.15) is 66.9 Å². The lowest BCUT2D eigenvalue weighted by atomic mass is 10.1. The molecule has 11 heteroatoms. The van der Waals surface area contributed by atoms with Crippen LogP contribution in [0.5, 0.6) is 0 Å². The molecular weight excluding hydrogens is 512 g/mol. The number of allylic oxidation sites excluding steroid dienone is 3. The Hall–Kier alpha value is -2.69. The lowest BCUT2D eigenvalue weighted by Gasteiger charge is -2.16. The Labute approximate surface area is 219 Å². The van der Waals surface area contributed by atoms with Crippen LogP contribution in [0.15, 0.2) is 59.1 Å². The summed E-state index contributed by atoms with van der Waals surface area (Å²) in [6.07, 6.45) is -0.112. The number of hydrazone groups is 1. The van der Waals surface area contributed by atoms with Crippen molar-refractivity contribution in [3.63, 3.8) is 0 Å². The van der Waals surface area contributed by atoms with Gasteiger partial charge in [-0.05, 0) is 31.5 Å². The molecule has 0 saturated heterocycles. The first-order chi connectivity index (χ1) is 17.2. The summed E-state index contributed by atoms with van der Waals surface area (Å²) in [5.41, 5.74) is 2.76. The Morgan fingerprint density at radius 1 is 1.14 bits per heavy atom. The van der Waals surface area contributed by atoms with E-state index in [-0.39, 0.29) is 29.4 Å². The van der Waals surface area contributed by atoms with Gasteiger partial charge in [-0.1, -0.05) is 58.1 Å². The van der Waals surface area contributed by atoms with Crippen LogP contribution in [0.3, 0.4) is 0 Å². The summed E-state index contributed by atoms with van der Waals surface area (Å²) in [7, 11) is -3.39. The third kappa shape index (κ3) is 20.1. The zero-order valence-corrected chi connectivity index (χ0v) is 23.8. The molecule has 0 radical (unpaired) electrons. The average molecular weight is 555 g/mol. The SMILES string of the molecule is C=CC(F)C/C=C/C/C(=N\NC(C)C(F)(F)F)c1ccc(S(C)(=O)=O)cc1.CC.CC.CCOC(C)=O. The Morgan fingerprint density at radius 2 is 1.65 bits per heavy atom. The van der Waals surface area contributed by atoms with Gasteiger partial charge in [0.15, 0.2) is 9.84 Å². The Kier molecular flexibility index (Phi) is 22.5. The van der Waals surface area contributed by atoms with Crippen LogP contribution < -0.4 is 5.43 Å². The van der Waals surface area contributed by atoms with Crippen LogP contribution in [-0.2, 0) is 19.4 Å². The van der Waals surface area contributed by atoms with Gasteiger partial charge in [-0.2, -0.15) is 18.3 Å². The summed E-state index contributed by atoms with van der Waals surface area (Å²) >= 11 is 0. The van der Waals surface area contributed by atoms with Crippen molar-refractivity contribution in [1.29, 1.82) is 0 Å². The van der Waals surface area contributed by atoms with E-state index in [0.29, 0.717) is 12.2 Å². The van der Waals surface area contributed by atoms with Gasteiger partial charge in [-0.25, -0.2) is 12.8 Å². The molecule has 1 N–H and O–H groups in total. The number of rotatable bonds is 10. The molecule has 0 aliphatic carbocycles. The van der Waals surface area contributed by atoms with Crippen molar-refractivity contribution >= 4 is 21.5 Å². The number of carbonyl (C=O) groups is 1. The van der Waals surface area contributed by atoms with Crippen molar-refractivity contribution < 1.29 is 35.5 Å². The summed E-state index contributed by atoms with van der Waals surface area (Å²) in [4.78, 5) is 9.91. The van der Waals surface area contributed by atoms with E-state index in [1.54, 1.807) is 19.1 Å². The number of alkyl halides is 4. The van der Waals surface area contributed by atoms with E-state index in [4.69, 9.17) is 0 Å². The number of benzene rings is 1. The second kappa shape index (κ2) is 21.4. The van der Waals surface area contributed by atoms with E-state index in [0.717, 1.165) is 19.3 Å². The minimum absolute atomic E-state index is 0.0871. The summed E-state index contributed by atoms with van der Waals surface area (Å²) in [6, 6.07) is 3.77. The minimum atomic E-state index is -4.46. The first-order valence-corrected chi connectivity index (χ1v) is 13.9. The molecule has 2 unspecified atom stereocenters. The minimum Gasteiger partial charge on any atom is -0.466 e. The number of hydrogen-bond acceptors (Lipinski definition) is 6. The molecule has 0 aliphatic rings. The highest BCUT2D eigenvalue weighted by Gasteiger charge is 2.35. The number of carbonyl (C=O) groups excluding carboxylic acids is 1. The predicted octanol–water partition coefficient (Wildman–Crippen LogP) is 6.82. The maximum atomic E-state index is 13.1. The molecule has 6 nitrogen and oxygen atoms in total. The van der Waals surface area contributed by atoms with E-state index in [9.17, 15) is 30.8 Å². The van der Waals surface area contributed by atoms with Gasteiger partial charge in [0, 0.05) is 26.0 Å². The van der Waals surface area contributed by atoms with Gasteiger partial charge in [0.2, 0.25) is 0 Å². The number of nitrogens with zero attached hydrogens (tertiary/aromatic N) is 1. The van der Waals surface area contributed by atoms with Crippen molar-refractivity contribution in [2.75, 3.05) is 12.9 Å². The molecule has 1 aromatic rings. The van der Waals surface area contributed by atoms with Gasteiger partial charge in [0.25, 0.3) is 0 Å². The Balaban J connectivity index is -0.000000992. The van der Waals surface area contributed by atoms with E-state index in [2.05, 4.69) is 16.4 Å². The highest BCUT2D eigenvalue weighted by atomic mass is 32.2. The molecule has 0 heterocycles. The average Bonchev–Trinajstić information content (AvgIpc) is 2.85. The third-order valence-corrected chi connectivity index (χ3v) is 5.07. The standard InChI is InChI=1S/C18H22F4N2O2S.C4H8O2.2C2H6/c1-4-15(19)7-5-6-8-17(24-23-13(2)18(20,21)22)14-9-11-16(12-10-14)27(3,25)26;1-3-6-4(2)5;2*1-2/h4-6,9-13,15,23H,1,7-8H2,2-3H3;3H2,1-2H3;2*1-2H3/b6-5+,24-17+;;;. The first-order valence-electron chi connectivity index (χ1n) is 12.0. The molecular formula is C26H42F4N2O4S. The highest BCUT2D eigenvalue weighted by Crippen LogP contribution is 2.20. The number of hydrogen-bond donors (Lipinski definition) is 1. The van der Waals surface area contributed by atoms with Crippen molar-refractivity contribution in [1.82, 2.24) is 5.43 Å². The molecule has 1 rings (SSSR count). The maximum Gasteiger partial charge on any atom is 0.409 e. The maximum absolute atomic E-state index is 13.1. The van der Waals surface area contributed by atoms with Gasteiger partial charge in [0.05, 0.1) is 17.2 Å². The van der Waals surface area contributed by atoms with Crippen LogP contribution in [-0.4, -0.2) is 51.4 Å². The predicted molar refractivity (Wildman–Crippen MR) is 143 cm³/mol. The van der Waals surface area contributed by atoms with Crippen LogP contribution in [0.25, 0.3) is 0 Å². The summed E-state index contributed by atoms with van der Waals surface area (Å²) in [5.74, 6) is -0.211. The van der Waals surface area contributed by atoms with Crippen LogP contribution in [0, 0.1) is 0 Å². The lowest BCUT2D eigenvalue weighted by molar-refractivity contribution is -0.151. The van der Waals surface area contributed by atoms with E-state index in [1.165, 1.54) is 31.2 Å². The zero-order valence-electron chi connectivity index (χ0n) is 23.0. The Morgan fingerprint density at radius 3 is 2.00 bits per heavy atom. The normalized spacial score (nSPS) is 12.9. The van der Waals surface area contributed by atoms with Gasteiger partial charge >= 0.3 is 12.1 Å². The molecule has 0 bridgehead atoms. The fraction of sp³-hybridized carbons (Fsp3) is 0.538. The number of sulfone groups is 1. The molecule has 0 aromatic heterocycles. The number of nitrogens with one attached hydrogen (secondary N) is 1. The van der Waals surface area contributed by atoms with Crippen LogP contribution in [0.4, 0.5) is 17.6 Å². The largest absolute Gasteiger partial charge is 0.466 e. The second-order valence-electron chi connectivity index (χ2n) is 6.83. The fourth-order valence-corrected chi connectivity index (χ4v) is 2.72. The summed E-state index contributed by atoms with van der Waals surface area (Å²) < 4.78 is 78.5. The van der Waals surface area contributed by atoms with Crippen molar-refractivity contribution in [2.45, 2.75) is 84.6 Å². The van der Waals surface area contributed by atoms with E-state index < -0.39 is 28.2 Å². The molecule has 214 valence electrons. The first kappa shape index (κ1) is 38.8. The second-order valence-corrected chi connectivity index (χ2v) is 8.85. The molecule has 0 amide bonds. The monoisotopic (exact) mass is 554 g/mol. The molecule has 0 spiro atoms. The molecule has 0 aliphatic heterocycles. The zero-order chi connectivity index (χ0) is 29.7. The lowest BCUT2D eigenvalue weighted by Crippen LogP contribution is -2.37. The van der Waals surface area contributed by atoms with E-state index in [1.807, 2.05) is 33.1 Å². The Bertz CT molecular complexity index is 913. The smallest absolute Gasteiger partial charge is 0.409 e. The molecule has 37 heavy (non-hydrogen) atoms. The third-order valence-electron chi connectivity index (χ3n) is 3.94. The van der Waals surface area contributed by atoms with Crippen molar-refractivity contribution in [3.8, 4) is 0 Å². The van der Waals surface area contributed by atoms with Crippen LogP contribution in [0.2, 0.25) is 0 Å². The molecule has 1 aromatic carbocycles. The number of esters is 1. The number of ether oxygens (including phenoxy) is 1. The molecule has 2 atom stereocenters. The fourth-order valence-electron chi connectivity index (χ4n) is 2.09. The molecule has 0 fully saturated rings. The van der Waals surface area contributed by atoms with Crippen molar-refractivity contribution in [2.24, 2.45) is 5.10 Å². The van der Waals surface area contributed by atoms with Gasteiger partial charge in [-0.15, -0.1) is 6.58 Å². The van der Waals surface area contributed by atoms with Gasteiger partial charge in [0.1, 0.15) is 12.2 Å².